The van der Waals surface area contributed by atoms with E-state index in [-0.39, 0.29) is 30.5 Å². The second-order valence-corrected chi connectivity index (χ2v) is 7.90. The molecule has 0 bridgehead atoms. The summed E-state index contributed by atoms with van der Waals surface area (Å²) in [6, 6.07) is 11.5. The first kappa shape index (κ1) is 21.9. The Morgan fingerprint density at radius 1 is 0.967 bits per heavy atom. The van der Waals surface area contributed by atoms with Crippen LogP contribution in [0.5, 0.6) is 0 Å². The van der Waals surface area contributed by atoms with Crippen LogP contribution in [0.15, 0.2) is 48.5 Å². The predicted octanol–water partition coefficient (Wildman–Crippen LogP) is 4.37. The van der Waals surface area contributed by atoms with Crippen LogP contribution in [0.1, 0.15) is 50.2 Å². The zero-order valence-electron chi connectivity index (χ0n) is 17.2. The summed E-state index contributed by atoms with van der Waals surface area (Å²) < 4.78 is 28.3. The van der Waals surface area contributed by atoms with E-state index < -0.39 is 23.6 Å². The zero-order chi connectivity index (χ0) is 21.5. The van der Waals surface area contributed by atoms with Gasteiger partial charge in [0, 0.05) is 18.2 Å². The Labute approximate surface area is 176 Å². The molecule has 6 heteroatoms. The maximum absolute atomic E-state index is 14.2. The molecule has 30 heavy (non-hydrogen) atoms. The zero-order valence-corrected chi connectivity index (χ0v) is 17.2. The van der Waals surface area contributed by atoms with Crippen molar-refractivity contribution in [3.8, 4) is 0 Å². The lowest BCUT2D eigenvalue weighted by Crippen LogP contribution is -2.50. The quantitative estimate of drug-likeness (QED) is 0.731. The van der Waals surface area contributed by atoms with Crippen LogP contribution in [0.3, 0.4) is 0 Å². The van der Waals surface area contributed by atoms with Gasteiger partial charge in [-0.3, -0.25) is 9.59 Å². The Morgan fingerprint density at radius 3 is 2.13 bits per heavy atom. The fourth-order valence-corrected chi connectivity index (χ4v) is 3.87. The highest BCUT2D eigenvalue weighted by Gasteiger charge is 2.29. The molecule has 3 rings (SSSR count). The van der Waals surface area contributed by atoms with Gasteiger partial charge in [-0.25, -0.2) is 8.78 Å². The Kier molecular flexibility index (Phi) is 7.55. The molecule has 1 fully saturated rings. The van der Waals surface area contributed by atoms with E-state index in [4.69, 9.17) is 0 Å². The van der Waals surface area contributed by atoms with Crippen LogP contribution in [0.25, 0.3) is 0 Å². The van der Waals surface area contributed by atoms with Gasteiger partial charge in [0.1, 0.15) is 17.7 Å². The first-order valence-electron chi connectivity index (χ1n) is 10.5. The van der Waals surface area contributed by atoms with Crippen molar-refractivity contribution in [3.05, 3.63) is 71.3 Å². The molecule has 1 atom stereocenters. The van der Waals surface area contributed by atoms with Crippen molar-refractivity contribution >= 4 is 11.8 Å². The molecular weight excluding hydrogens is 386 g/mol. The van der Waals surface area contributed by atoms with Crippen LogP contribution in [0, 0.1) is 11.6 Å². The molecule has 1 saturated carbocycles. The van der Waals surface area contributed by atoms with Gasteiger partial charge in [-0.05, 0) is 37.5 Å². The van der Waals surface area contributed by atoms with Gasteiger partial charge < -0.3 is 10.2 Å². The molecule has 1 N–H and O–H groups in total. The lowest BCUT2D eigenvalue weighted by atomic mass is 9.95. The van der Waals surface area contributed by atoms with Gasteiger partial charge in [-0.15, -0.1) is 0 Å². The number of rotatable bonds is 7. The van der Waals surface area contributed by atoms with Gasteiger partial charge in [0.25, 0.3) is 0 Å². The monoisotopic (exact) mass is 414 g/mol. The highest BCUT2D eigenvalue weighted by Crippen LogP contribution is 2.19. The third-order valence-electron chi connectivity index (χ3n) is 5.72. The maximum Gasteiger partial charge on any atom is 0.242 e. The summed E-state index contributed by atoms with van der Waals surface area (Å²) in [5.41, 5.74) is 0.567. The molecule has 0 aromatic heterocycles. The van der Waals surface area contributed by atoms with Gasteiger partial charge in [-0.2, -0.15) is 0 Å². The largest absolute Gasteiger partial charge is 0.352 e. The van der Waals surface area contributed by atoms with Crippen molar-refractivity contribution in [1.82, 2.24) is 10.2 Å². The average molecular weight is 414 g/mol. The molecule has 0 aliphatic heterocycles. The standard InChI is InChI=1S/C24H28F2N2O2/c1-17(24(30)27-20-11-3-2-4-12-20)28(16-19-10-6-8-14-22(19)26)23(29)15-18-9-5-7-13-21(18)25/h5-10,13-14,17,20H,2-4,11-12,15-16H2,1H3,(H,27,30)/t17-/m0/s1. The molecule has 0 spiro atoms. The third kappa shape index (κ3) is 5.65. The van der Waals surface area contributed by atoms with E-state index in [9.17, 15) is 18.4 Å². The average Bonchev–Trinajstić information content (AvgIpc) is 2.75. The summed E-state index contributed by atoms with van der Waals surface area (Å²) >= 11 is 0. The van der Waals surface area contributed by atoms with Gasteiger partial charge in [0.2, 0.25) is 11.8 Å². The van der Waals surface area contributed by atoms with E-state index in [1.165, 1.54) is 23.5 Å². The van der Waals surface area contributed by atoms with Crippen molar-refractivity contribution in [3.63, 3.8) is 0 Å². The second-order valence-electron chi connectivity index (χ2n) is 7.90. The SMILES string of the molecule is C[C@@H](C(=O)NC1CCCCC1)N(Cc1ccccc1F)C(=O)Cc1ccccc1F. The number of halogens is 2. The van der Waals surface area contributed by atoms with Crippen LogP contribution in [0.2, 0.25) is 0 Å². The molecule has 2 amide bonds. The van der Waals surface area contributed by atoms with E-state index in [0.29, 0.717) is 5.56 Å². The van der Waals surface area contributed by atoms with Crippen molar-refractivity contribution in [2.75, 3.05) is 0 Å². The van der Waals surface area contributed by atoms with E-state index in [0.717, 1.165) is 25.7 Å². The van der Waals surface area contributed by atoms with Crippen molar-refractivity contribution < 1.29 is 18.4 Å². The fourth-order valence-electron chi connectivity index (χ4n) is 3.87. The minimum atomic E-state index is -0.800. The molecule has 2 aromatic rings. The normalized spacial score (nSPS) is 15.4. The van der Waals surface area contributed by atoms with Crippen LogP contribution in [0.4, 0.5) is 8.78 Å². The Hall–Kier alpha value is -2.76. The Balaban J connectivity index is 1.78. The minimum absolute atomic E-state index is 0.0563. The Morgan fingerprint density at radius 2 is 1.53 bits per heavy atom. The molecule has 160 valence electrons. The number of nitrogens with zero attached hydrogens (tertiary/aromatic N) is 1. The summed E-state index contributed by atoms with van der Waals surface area (Å²) in [7, 11) is 0. The molecule has 4 nitrogen and oxygen atoms in total. The van der Waals surface area contributed by atoms with Crippen LogP contribution < -0.4 is 5.32 Å². The van der Waals surface area contributed by atoms with Gasteiger partial charge in [0.05, 0.1) is 6.42 Å². The fraction of sp³-hybridized carbons (Fsp3) is 0.417. The Bertz CT molecular complexity index is 881. The molecule has 2 aromatic carbocycles. The van der Waals surface area contributed by atoms with Crippen molar-refractivity contribution in [1.29, 1.82) is 0 Å². The van der Waals surface area contributed by atoms with Crippen molar-refractivity contribution in [2.24, 2.45) is 0 Å². The maximum atomic E-state index is 14.2. The summed E-state index contributed by atoms with van der Waals surface area (Å²) in [6.07, 6.45) is 4.98. The van der Waals surface area contributed by atoms with Gasteiger partial charge >= 0.3 is 0 Å². The smallest absolute Gasteiger partial charge is 0.242 e. The molecule has 0 heterocycles. The molecular formula is C24H28F2N2O2. The van der Waals surface area contributed by atoms with Crippen LogP contribution in [-0.4, -0.2) is 28.8 Å². The second kappa shape index (κ2) is 10.3. The van der Waals surface area contributed by atoms with Crippen molar-refractivity contribution in [2.45, 2.75) is 64.1 Å². The molecule has 1 aliphatic rings. The minimum Gasteiger partial charge on any atom is -0.352 e. The van der Waals surface area contributed by atoms with E-state index in [2.05, 4.69) is 5.32 Å². The third-order valence-corrected chi connectivity index (χ3v) is 5.72. The summed E-state index contributed by atoms with van der Waals surface area (Å²) in [6.45, 7) is 1.58. The highest BCUT2D eigenvalue weighted by molar-refractivity contribution is 5.88. The topological polar surface area (TPSA) is 49.4 Å². The van der Waals surface area contributed by atoms with Gasteiger partial charge in [-0.1, -0.05) is 55.7 Å². The van der Waals surface area contributed by atoms with E-state index >= 15 is 0 Å². The lowest BCUT2D eigenvalue weighted by molar-refractivity contribution is -0.140. The summed E-state index contributed by atoms with van der Waals surface area (Å²) in [5, 5.41) is 3.03. The highest BCUT2D eigenvalue weighted by atomic mass is 19.1. The number of hydrogen-bond donors (Lipinski definition) is 1. The number of carbonyl (C=O) groups excluding carboxylic acids is 2. The molecule has 0 unspecified atom stereocenters. The number of benzene rings is 2. The first-order valence-corrected chi connectivity index (χ1v) is 10.5. The molecule has 0 saturated heterocycles. The van der Waals surface area contributed by atoms with Gasteiger partial charge in [0.15, 0.2) is 0 Å². The van der Waals surface area contributed by atoms with Crippen LogP contribution in [-0.2, 0) is 22.6 Å². The molecule has 0 radical (unpaired) electrons. The van der Waals surface area contributed by atoms with E-state index in [1.54, 1.807) is 43.3 Å². The first-order chi connectivity index (χ1) is 14.5. The number of nitrogens with one attached hydrogen (secondary N) is 1. The number of carbonyl (C=O) groups is 2. The number of hydrogen-bond acceptors (Lipinski definition) is 2. The summed E-state index contributed by atoms with van der Waals surface area (Å²) in [4.78, 5) is 27.3. The lowest BCUT2D eigenvalue weighted by Gasteiger charge is -2.31. The van der Waals surface area contributed by atoms with E-state index in [1.807, 2.05) is 0 Å². The molecule has 1 aliphatic carbocycles. The summed E-state index contributed by atoms with van der Waals surface area (Å²) in [5.74, 6) is -1.60. The predicted molar refractivity (Wildman–Crippen MR) is 112 cm³/mol. The number of amides is 2. The van der Waals surface area contributed by atoms with Crippen LogP contribution >= 0.6 is 0 Å².